The van der Waals surface area contributed by atoms with Gasteiger partial charge in [-0.3, -0.25) is 0 Å². The quantitative estimate of drug-likeness (QED) is 0.929. The predicted molar refractivity (Wildman–Crippen MR) is 83.3 cm³/mol. The molecule has 2 fully saturated rings. The molecule has 19 heavy (non-hydrogen) atoms. The smallest absolute Gasteiger partial charge is 0.147 e. The standard InChI is InChI=1S/C14H20ClN3S/c15-13-2-1-6-16-14(13)18-7-3-12(10-18)17-11-4-8-19-9-5-11/h1-2,6,11-12,17H,3-5,7-10H2/t12-/m0/s1. The van der Waals surface area contributed by atoms with Gasteiger partial charge in [0, 0.05) is 31.4 Å². The first-order chi connectivity index (χ1) is 9.33. The van der Waals surface area contributed by atoms with Crippen LogP contribution in [0.15, 0.2) is 18.3 Å². The molecule has 2 aliphatic heterocycles. The first-order valence-electron chi connectivity index (χ1n) is 7.02. The molecule has 1 aromatic heterocycles. The van der Waals surface area contributed by atoms with Crippen LogP contribution in [-0.4, -0.2) is 41.7 Å². The molecule has 3 heterocycles. The Hall–Kier alpha value is -0.450. The molecular weight excluding hydrogens is 278 g/mol. The van der Waals surface area contributed by atoms with Crippen molar-refractivity contribution in [3.8, 4) is 0 Å². The Balaban J connectivity index is 1.56. The molecule has 0 saturated carbocycles. The van der Waals surface area contributed by atoms with Gasteiger partial charge in [0.15, 0.2) is 0 Å². The molecule has 0 bridgehead atoms. The van der Waals surface area contributed by atoms with E-state index in [0.29, 0.717) is 12.1 Å². The van der Waals surface area contributed by atoms with Gasteiger partial charge in [0.2, 0.25) is 0 Å². The van der Waals surface area contributed by atoms with Crippen molar-refractivity contribution in [3.63, 3.8) is 0 Å². The molecule has 3 rings (SSSR count). The van der Waals surface area contributed by atoms with Gasteiger partial charge in [-0.15, -0.1) is 0 Å². The summed E-state index contributed by atoms with van der Waals surface area (Å²) < 4.78 is 0. The zero-order chi connectivity index (χ0) is 13.1. The number of nitrogens with zero attached hydrogens (tertiary/aromatic N) is 2. The summed E-state index contributed by atoms with van der Waals surface area (Å²) in [7, 11) is 0. The van der Waals surface area contributed by atoms with Gasteiger partial charge in [-0.25, -0.2) is 4.98 Å². The lowest BCUT2D eigenvalue weighted by atomic mass is 10.1. The molecule has 1 atom stereocenters. The average Bonchev–Trinajstić information content (AvgIpc) is 2.89. The summed E-state index contributed by atoms with van der Waals surface area (Å²) in [5.74, 6) is 3.55. The van der Waals surface area contributed by atoms with Crippen molar-refractivity contribution >= 4 is 29.2 Å². The Morgan fingerprint density at radius 3 is 2.89 bits per heavy atom. The molecular formula is C14H20ClN3S. The van der Waals surface area contributed by atoms with Crippen LogP contribution in [0.5, 0.6) is 0 Å². The van der Waals surface area contributed by atoms with Crippen LogP contribution >= 0.6 is 23.4 Å². The van der Waals surface area contributed by atoms with Crippen LogP contribution in [0.25, 0.3) is 0 Å². The third-order valence-corrected chi connectivity index (χ3v) is 5.26. The minimum absolute atomic E-state index is 0.589. The Kier molecular flexibility index (Phi) is 4.51. The topological polar surface area (TPSA) is 28.2 Å². The van der Waals surface area contributed by atoms with E-state index in [1.165, 1.54) is 30.8 Å². The minimum Gasteiger partial charge on any atom is -0.354 e. The summed E-state index contributed by atoms with van der Waals surface area (Å²) in [6.07, 6.45) is 5.63. The maximum atomic E-state index is 6.22. The van der Waals surface area contributed by atoms with Crippen LogP contribution < -0.4 is 10.2 Å². The summed E-state index contributed by atoms with van der Waals surface area (Å²) in [5, 5.41) is 4.57. The van der Waals surface area contributed by atoms with Crippen LogP contribution in [-0.2, 0) is 0 Å². The molecule has 2 saturated heterocycles. The molecule has 0 amide bonds. The van der Waals surface area contributed by atoms with E-state index < -0.39 is 0 Å². The second-order valence-electron chi connectivity index (χ2n) is 5.29. The van der Waals surface area contributed by atoms with Crippen molar-refractivity contribution in [2.45, 2.75) is 31.3 Å². The highest BCUT2D eigenvalue weighted by Gasteiger charge is 2.27. The van der Waals surface area contributed by atoms with Crippen LogP contribution in [0.1, 0.15) is 19.3 Å². The summed E-state index contributed by atoms with van der Waals surface area (Å²) >= 11 is 8.29. The Morgan fingerprint density at radius 2 is 2.11 bits per heavy atom. The first-order valence-corrected chi connectivity index (χ1v) is 8.55. The van der Waals surface area contributed by atoms with Gasteiger partial charge in [-0.05, 0) is 42.9 Å². The van der Waals surface area contributed by atoms with E-state index in [0.717, 1.165) is 23.9 Å². The van der Waals surface area contributed by atoms with E-state index in [2.05, 4.69) is 27.0 Å². The number of pyridine rings is 1. The van der Waals surface area contributed by atoms with Gasteiger partial charge in [0.25, 0.3) is 0 Å². The molecule has 0 unspecified atom stereocenters. The predicted octanol–water partition coefficient (Wildman–Crippen LogP) is 2.80. The maximum Gasteiger partial charge on any atom is 0.147 e. The van der Waals surface area contributed by atoms with Crippen molar-refractivity contribution in [1.82, 2.24) is 10.3 Å². The fourth-order valence-corrected chi connectivity index (χ4v) is 4.24. The van der Waals surface area contributed by atoms with Crippen LogP contribution in [0.3, 0.4) is 0 Å². The Bertz CT molecular complexity index is 423. The highest BCUT2D eigenvalue weighted by Crippen LogP contribution is 2.26. The van der Waals surface area contributed by atoms with Gasteiger partial charge in [-0.2, -0.15) is 11.8 Å². The lowest BCUT2D eigenvalue weighted by Crippen LogP contribution is -2.42. The lowest BCUT2D eigenvalue weighted by Gasteiger charge is -2.26. The zero-order valence-corrected chi connectivity index (χ0v) is 12.6. The Labute approximate surface area is 124 Å². The third kappa shape index (κ3) is 3.36. The molecule has 104 valence electrons. The SMILES string of the molecule is Clc1cccnc1N1CC[C@H](NC2CCSCC2)C1. The molecule has 5 heteroatoms. The van der Waals surface area contributed by atoms with Gasteiger partial charge >= 0.3 is 0 Å². The molecule has 0 spiro atoms. The summed E-state index contributed by atoms with van der Waals surface area (Å²) in [4.78, 5) is 6.71. The highest BCUT2D eigenvalue weighted by molar-refractivity contribution is 7.99. The molecule has 0 radical (unpaired) electrons. The van der Waals surface area contributed by atoms with E-state index in [9.17, 15) is 0 Å². The van der Waals surface area contributed by atoms with E-state index in [1.54, 1.807) is 0 Å². The van der Waals surface area contributed by atoms with Crippen molar-refractivity contribution < 1.29 is 0 Å². The van der Waals surface area contributed by atoms with Gasteiger partial charge in [-0.1, -0.05) is 11.6 Å². The number of aromatic nitrogens is 1. The van der Waals surface area contributed by atoms with E-state index >= 15 is 0 Å². The summed E-state index contributed by atoms with van der Waals surface area (Å²) in [5.41, 5.74) is 0. The Morgan fingerprint density at radius 1 is 1.26 bits per heavy atom. The number of halogens is 1. The van der Waals surface area contributed by atoms with Crippen molar-refractivity contribution in [2.75, 3.05) is 29.5 Å². The molecule has 1 N–H and O–H groups in total. The number of thioether (sulfide) groups is 1. The van der Waals surface area contributed by atoms with E-state index in [4.69, 9.17) is 11.6 Å². The van der Waals surface area contributed by atoms with Crippen molar-refractivity contribution in [2.24, 2.45) is 0 Å². The van der Waals surface area contributed by atoms with Crippen LogP contribution in [0, 0.1) is 0 Å². The highest BCUT2D eigenvalue weighted by atomic mass is 35.5. The van der Waals surface area contributed by atoms with Crippen molar-refractivity contribution in [3.05, 3.63) is 23.4 Å². The fraction of sp³-hybridized carbons (Fsp3) is 0.643. The first kappa shape index (κ1) is 13.5. The second-order valence-corrected chi connectivity index (χ2v) is 6.93. The van der Waals surface area contributed by atoms with E-state index in [1.807, 2.05) is 18.3 Å². The fourth-order valence-electron chi connectivity index (χ4n) is 2.90. The summed E-state index contributed by atoms with van der Waals surface area (Å²) in [6, 6.07) is 5.11. The van der Waals surface area contributed by atoms with Crippen molar-refractivity contribution in [1.29, 1.82) is 0 Å². The normalized spacial score (nSPS) is 24.9. The van der Waals surface area contributed by atoms with Gasteiger partial charge in [0.05, 0.1) is 5.02 Å². The number of nitrogens with one attached hydrogen (secondary N) is 1. The number of hydrogen-bond donors (Lipinski definition) is 1. The zero-order valence-electron chi connectivity index (χ0n) is 11.0. The molecule has 1 aromatic rings. The van der Waals surface area contributed by atoms with Crippen LogP contribution in [0.4, 0.5) is 5.82 Å². The van der Waals surface area contributed by atoms with Gasteiger partial charge < -0.3 is 10.2 Å². The molecule has 0 aromatic carbocycles. The largest absolute Gasteiger partial charge is 0.354 e. The lowest BCUT2D eigenvalue weighted by molar-refractivity contribution is 0.424. The molecule has 3 nitrogen and oxygen atoms in total. The van der Waals surface area contributed by atoms with Crippen LogP contribution in [0.2, 0.25) is 5.02 Å². The summed E-state index contributed by atoms with van der Waals surface area (Å²) in [6.45, 7) is 2.08. The van der Waals surface area contributed by atoms with E-state index in [-0.39, 0.29) is 0 Å². The molecule has 2 aliphatic rings. The molecule has 0 aliphatic carbocycles. The average molecular weight is 298 g/mol. The number of hydrogen-bond acceptors (Lipinski definition) is 4. The maximum absolute atomic E-state index is 6.22. The monoisotopic (exact) mass is 297 g/mol. The second kappa shape index (κ2) is 6.33. The third-order valence-electron chi connectivity index (χ3n) is 3.92. The minimum atomic E-state index is 0.589. The van der Waals surface area contributed by atoms with Gasteiger partial charge in [0.1, 0.15) is 5.82 Å². The number of anilines is 1. The number of rotatable bonds is 3.